The smallest absolute Gasteiger partial charge is 0.355 e. The number of hydrogen-bond acceptors (Lipinski definition) is 3. The lowest BCUT2D eigenvalue weighted by atomic mass is 10.1. The Bertz CT molecular complexity index is 2110. The van der Waals surface area contributed by atoms with Gasteiger partial charge in [-0.3, -0.25) is 4.99 Å². The second-order valence-corrected chi connectivity index (χ2v) is 10.2. The predicted molar refractivity (Wildman–Crippen MR) is 150 cm³/mol. The molecule has 0 amide bonds. The minimum atomic E-state index is -5.48. The van der Waals surface area contributed by atoms with E-state index in [1.54, 1.807) is 0 Å². The third-order valence-electron chi connectivity index (χ3n) is 6.77. The summed E-state index contributed by atoms with van der Waals surface area (Å²) >= 11 is 0. The molecule has 5 nitrogen and oxygen atoms in total. The first kappa shape index (κ1) is 36.0. The molecule has 2 N–H and O–H groups in total. The van der Waals surface area contributed by atoms with Gasteiger partial charge in [0, 0.05) is 17.6 Å². The van der Waals surface area contributed by atoms with Crippen molar-refractivity contribution in [3.63, 3.8) is 0 Å². The predicted octanol–water partition coefficient (Wildman–Crippen LogP) is 8.02. The third kappa shape index (κ3) is 7.62. The van der Waals surface area contributed by atoms with Crippen molar-refractivity contribution in [2.75, 3.05) is 0 Å². The number of aliphatic imine (C=N–C) groups is 3. The Morgan fingerprint density at radius 3 is 1.44 bits per heavy atom. The molecule has 3 aliphatic rings. The van der Waals surface area contributed by atoms with Crippen molar-refractivity contribution in [2.24, 2.45) is 15.0 Å². The molecule has 0 bridgehead atoms. The van der Waals surface area contributed by atoms with Crippen molar-refractivity contribution in [3.05, 3.63) is 111 Å². The highest BCUT2D eigenvalue weighted by Crippen LogP contribution is 2.42. The van der Waals surface area contributed by atoms with Gasteiger partial charge in [-0.15, -0.1) is 0 Å². The Labute approximate surface area is 268 Å². The highest BCUT2D eigenvalue weighted by molar-refractivity contribution is 6.16. The molecule has 20 heteroatoms. The van der Waals surface area contributed by atoms with Crippen LogP contribution in [0.4, 0.5) is 65.9 Å². The van der Waals surface area contributed by atoms with E-state index in [0.29, 0.717) is 48.6 Å². The molecule has 0 saturated heterocycles. The standard InChI is InChI=1S/C30H14F15N5/c31-26(32,33)12-13-3-4-15(47-13)23(28(37,38)39)17-7-8-19(49-17)25(30(43,44)45)21-10-9-20(50-21)24(29(40,41)42)18-6-5-16(48-18)22(27(34,35)36)14-2-1-11-46-14/h1-12,47,49H/b13-12-,22-14+,23-15-,24-18-,25-21+. The van der Waals surface area contributed by atoms with E-state index in [4.69, 9.17) is 0 Å². The maximum absolute atomic E-state index is 14.3. The van der Waals surface area contributed by atoms with Crippen LogP contribution in [-0.2, 0) is 0 Å². The van der Waals surface area contributed by atoms with Gasteiger partial charge in [-0.2, -0.15) is 65.9 Å². The largest absolute Gasteiger partial charge is 0.420 e. The molecule has 2 aromatic rings. The fourth-order valence-corrected chi connectivity index (χ4v) is 4.96. The van der Waals surface area contributed by atoms with Crippen LogP contribution in [0, 0.1) is 0 Å². The second kappa shape index (κ2) is 12.2. The van der Waals surface area contributed by atoms with Crippen LogP contribution in [0.3, 0.4) is 0 Å². The fraction of sp³-hybridized carbons (Fsp3) is 0.167. The molecule has 3 aliphatic heterocycles. The van der Waals surface area contributed by atoms with Gasteiger partial charge in [0.1, 0.15) is 22.3 Å². The SMILES string of the molecule is FC(F)(F)/C=c1/cc/c(=C(\c2ccc(/C(=C3/C=CC(C(=C4\C=CC(C(=C5/C=CC=N5)/C(F)(F)F)=N4)/C(F)(F)F)=N3)C(F)(F)F)[nH]2)C(F)(F)F)[nH]1. The van der Waals surface area contributed by atoms with Crippen molar-refractivity contribution in [1.82, 2.24) is 9.97 Å². The Hall–Kier alpha value is -5.30. The summed E-state index contributed by atoms with van der Waals surface area (Å²) in [6.07, 6.45) is -21.6. The van der Waals surface area contributed by atoms with Crippen LogP contribution in [-0.4, -0.2) is 58.5 Å². The maximum atomic E-state index is 14.3. The molecule has 5 rings (SSSR count). The normalized spacial score (nSPS) is 21.0. The first-order valence-electron chi connectivity index (χ1n) is 13.4. The zero-order chi connectivity index (χ0) is 37.0. The molecule has 0 spiro atoms. The molecule has 0 radical (unpaired) electrons. The van der Waals surface area contributed by atoms with Crippen LogP contribution in [0.2, 0.25) is 0 Å². The summed E-state index contributed by atoms with van der Waals surface area (Å²) in [5.74, 6) is 0. The minimum absolute atomic E-state index is 0.356. The molecular formula is C30H14F15N5. The van der Waals surface area contributed by atoms with E-state index in [1.165, 1.54) is 0 Å². The monoisotopic (exact) mass is 729 g/mol. The number of alkyl halides is 15. The third-order valence-corrected chi connectivity index (χ3v) is 6.77. The topological polar surface area (TPSA) is 68.7 Å². The molecule has 0 unspecified atom stereocenters. The molecule has 5 heterocycles. The summed E-state index contributed by atoms with van der Waals surface area (Å²) in [5, 5.41) is -1.77. The first-order valence-corrected chi connectivity index (χ1v) is 13.4. The average Bonchev–Trinajstić information content (AvgIpc) is 3.74. The number of nitrogens with zero attached hydrogens (tertiary/aromatic N) is 3. The number of nitrogens with one attached hydrogen (secondary N) is 2. The van der Waals surface area contributed by atoms with E-state index in [2.05, 4.69) is 15.0 Å². The van der Waals surface area contributed by atoms with Crippen molar-refractivity contribution >= 4 is 34.9 Å². The Kier molecular flexibility index (Phi) is 8.81. The van der Waals surface area contributed by atoms with E-state index >= 15 is 0 Å². The van der Waals surface area contributed by atoms with Crippen LogP contribution in [0.5, 0.6) is 0 Å². The van der Waals surface area contributed by atoms with Gasteiger partial charge in [0.25, 0.3) is 0 Å². The van der Waals surface area contributed by atoms with Crippen molar-refractivity contribution in [2.45, 2.75) is 30.9 Å². The van der Waals surface area contributed by atoms with Crippen LogP contribution < -0.4 is 10.7 Å². The van der Waals surface area contributed by atoms with Crippen LogP contribution in [0.15, 0.2) is 104 Å². The van der Waals surface area contributed by atoms with E-state index < -0.39 is 104 Å². The van der Waals surface area contributed by atoms with Crippen LogP contribution in [0.1, 0.15) is 11.4 Å². The summed E-state index contributed by atoms with van der Waals surface area (Å²) in [4.78, 5) is 14.0. The molecule has 0 fully saturated rings. The van der Waals surface area contributed by atoms with Crippen molar-refractivity contribution < 1.29 is 65.9 Å². The van der Waals surface area contributed by atoms with Crippen LogP contribution in [0.25, 0.3) is 17.2 Å². The number of aromatic amines is 2. The van der Waals surface area contributed by atoms with Crippen molar-refractivity contribution in [1.29, 1.82) is 0 Å². The minimum Gasteiger partial charge on any atom is -0.355 e. The number of allylic oxidation sites excluding steroid dienone is 9. The number of aromatic nitrogens is 2. The summed E-state index contributed by atoms with van der Waals surface area (Å²) in [6.45, 7) is 0. The lowest BCUT2D eigenvalue weighted by Crippen LogP contribution is -2.24. The van der Waals surface area contributed by atoms with Gasteiger partial charge in [-0.25, -0.2) is 9.98 Å². The molecular weight excluding hydrogens is 715 g/mol. The summed E-state index contributed by atoms with van der Waals surface area (Å²) in [6, 6.07) is 2.25. The average molecular weight is 729 g/mol. The van der Waals surface area contributed by atoms with E-state index in [9.17, 15) is 65.9 Å². The van der Waals surface area contributed by atoms with Gasteiger partial charge in [-0.05, 0) is 60.7 Å². The van der Waals surface area contributed by atoms with Gasteiger partial charge in [0.2, 0.25) is 0 Å². The molecule has 264 valence electrons. The van der Waals surface area contributed by atoms with Gasteiger partial charge < -0.3 is 9.97 Å². The Morgan fingerprint density at radius 2 is 0.980 bits per heavy atom. The van der Waals surface area contributed by atoms with E-state index in [1.807, 2.05) is 9.97 Å². The second-order valence-electron chi connectivity index (χ2n) is 10.2. The van der Waals surface area contributed by atoms with Gasteiger partial charge >= 0.3 is 30.9 Å². The number of H-pyrrole nitrogens is 2. The highest BCUT2D eigenvalue weighted by Gasteiger charge is 2.45. The lowest BCUT2D eigenvalue weighted by molar-refractivity contribution is -0.0871. The van der Waals surface area contributed by atoms with Crippen LogP contribution >= 0.6 is 0 Å². The number of hydrogen-bond donors (Lipinski definition) is 2. The van der Waals surface area contributed by atoms with Gasteiger partial charge in [-0.1, -0.05) is 0 Å². The molecule has 0 aromatic carbocycles. The van der Waals surface area contributed by atoms with Gasteiger partial charge in [0.15, 0.2) is 0 Å². The molecule has 0 saturated carbocycles. The highest BCUT2D eigenvalue weighted by atomic mass is 19.4. The van der Waals surface area contributed by atoms with Gasteiger partial charge in [0.05, 0.1) is 45.3 Å². The zero-order valence-corrected chi connectivity index (χ0v) is 23.9. The van der Waals surface area contributed by atoms with E-state index in [0.717, 1.165) is 18.4 Å². The zero-order valence-electron chi connectivity index (χ0n) is 23.9. The Balaban J connectivity index is 1.64. The number of halogens is 15. The summed E-state index contributed by atoms with van der Waals surface area (Å²) in [7, 11) is 0. The lowest BCUT2D eigenvalue weighted by Gasteiger charge is -2.14. The first-order chi connectivity index (χ1) is 22.9. The maximum Gasteiger partial charge on any atom is 0.420 e. The number of rotatable bonds is 4. The quantitative estimate of drug-likeness (QED) is 0.300. The van der Waals surface area contributed by atoms with Crippen molar-refractivity contribution in [3.8, 4) is 0 Å². The molecule has 0 atom stereocenters. The molecule has 50 heavy (non-hydrogen) atoms. The van der Waals surface area contributed by atoms with E-state index in [-0.39, 0.29) is 6.08 Å². The Morgan fingerprint density at radius 1 is 0.500 bits per heavy atom. The molecule has 0 aliphatic carbocycles. The molecule has 2 aromatic heterocycles. The summed E-state index contributed by atoms with van der Waals surface area (Å²) in [5.41, 5.74) is -14.3. The fourth-order valence-electron chi connectivity index (χ4n) is 4.96. The summed E-state index contributed by atoms with van der Waals surface area (Å²) < 4.78 is 207.